The second-order valence-electron chi connectivity index (χ2n) is 8.84. The number of halogens is 2. The first kappa shape index (κ1) is 30.9. The number of carbonyl (C=O) groups excluding carboxylic acids is 3. The minimum atomic E-state index is -0.910. The van der Waals surface area contributed by atoms with E-state index in [0.717, 1.165) is 0 Å². The van der Waals surface area contributed by atoms with Crippen molar-refractivity contribution in [2.75, 3.05) is 6.61 Å². The van der Waals surface area contributed by atoms with E-state index in [-0.39, 0.29) is 17.5 Å². The Bertz CT molecular complexity index is 1120. The molecule has 0 aliphatic carbocycles. The number of rotatable bonds is 13. The van der Waals surface area contributed by atoms with E-state index in [4.69, 9.17) is 37.4 Å². The van der Waals surface area contributed by atoms with Gasteiger partial charge in [0.25, 0.3) is 11.8 Å². The Morgan fingerprint density at radius 3 is 2.24 bits per heavy atom. The molecule has 3 atom stereocenters. The van der Waals surface area contributed by atoms with Crippen LogP contribution in [0.4, 0.5) is 0 Å². The summed E-state index contributed by atoms with van der Waals surface area (Å²) in [6, 6.07) is 10.7. The van der Waals surface area contributed by atoms with Crippen molar-refractivity contribution >= 4 is 47.2 Å². The van der Waals surface area contributed by atoms with Gasteiger partial charge in [-0.2, -0.15) is 5.10 Å². The van der Waals surface area contributed by atoms with Crippen molar-refractivity contribution in [2.45, 2.75) is 59.3 Å². The molecule has 0 bridgehead atoms. The number of amides is 2. The Morgan fingerprint density at radius 1 is 0.947 bits per heavy atom. The molecule has 206 valence electrons. The lowest BCUT2D eigenvalue weighted by molar-refractivity contribution is -0.150. The van der Waals surface area contributed by atoms with Crippen LogP contribution in [-0.4, -0.2) is 48.9 Å². The molecular formula is C27H33Cl2N3O6. The molecule has 2 rings (SSSR count). The average Bonchev–Trinajstić information content (AvgIpc) is 2.86. The number of carbonyl (C=O) groups is 3. The molecule has 0 radical (unpaired) electrons. The summed E-state index contributed by atoms with van der Waals surface area (Å²) in [6.45, 7) is 9.05. The molecule has 0 heterocycles. The highest BCUT2D eigenvalue weighted by Crippen LogP contribution is 2.28. The van der Waals surface area contributed by atoms with Crippen molar-refractivity contribution in [1.29, 1.82) is 0 Å². The zero-order valence-corrected chi connectivity index (χ0v) is 23.5. The summed E-state index contributed by atoms with van der Waals surface area (Å²) in [6.07, 6.45) is 0.204. The van der Waals surface area contributed by atoms with Gasteiger partial charge in [0.1, 0.15) is 17.5 Å². The molecule has 0 aliphatic heterocycles. The molecule has 0 saturated heterocycles. The summed E-state index contributed by atoms with van der Waals surface area (Å²) in [5.41, 5.74) is 3.16. The molecule has 0 saturated carbocycles. The van der Waals surface area contributed by atoms with Crippen molar-refractivity contribution < 1.29 is 28.6 Å². The van der Waals surface area contributed by atoms with Crippen molar-refractivity contribution in [1.82, 2.24) is 10.7 Å². The monoisotopic (exact) mass is 565 g/mol. The molecule has 2 aromatic rings. The van der Waals surface area contributed by atoms with Crippen LogP contribution in [0.15, 0.2) is 47.6 Å². The van der Waals surface area contributed by atoms with E-state index < -0.39 is 36.0 Å². The standard InChI is InChI=1S/C27H33Cl2N3O6/c1-6-36-27(35)18(5)37-21-10-7-19(8-11-21)15-30-32-26(34)23(13-16(2)3)31-25(33)17(4)38-24-12-9-20(28)14-22(24)29/h7-12,14-18,23H,6,13H2,1-5H3,(H,31,33)(H,32,34)/b30-15-/t17-,18+,23+/m1/s1. The van der Waals surface area contributed by atoms with Crippen LogP contribution in [0.3, 0.4) is 0 Å². The van der Waals surface area contributed by atoms with Crippen LogP contribution >= 0.6 is 23.2 Å². The molecule has 0 aliphatic rings. The van der Waals surface area contributed by atoms with E-state index in [1.54, 1.807) is 57.2 Å². The maximum atomic E-state index is 12.8. The summed E-state index contributed by atoms with van der Waals surface area (Å²) in [7, 11) is 0. The van der Waals surface area contributed by atoms with Gasteiger partial charge in [0.2, 0.25) is 0 Å². The zero-order chi connectivity index (χ0) is 28.2. The number of hydrogen-bond donors (Lipinski definition) is 2. The van der Waals surface area contributed by atoms with Gasteiger partial charge in [-0.15, -0.1) is 0 Å². The van der Waals surface area contributed by atoms with Crippen molar-refractivity contribution in [2.24, 2.45) is 11.0 Å². The van der Waals surface area contributed by atoms with Crippen molar-refractivity contribution in [3.8, 4) is 11.5 Å². The molecule has 11 heteroatoms. The Labute approximate surface area is 232 Å². The fourth-order valence-corrected chi connectivity index (χ4v) is 3.65. The van der Waals surface area contributed by atoms with Gasteiger partial charge in [-0.25, -0.2) is 10.2 Å². The van der Waals surface area contributed by atoms with Crippen LogP contribution in [-0.2, 0) is 19.1 Å². The summed E-state index contributed by atoms with van der Waals surface area (Å²) in [5, 5.41) is 7.44. The fraction of sp³-hybridized carbons (Fsp3) is 0.407. The first-order valence-electron chi connectivity index (χ1n) is 12.2. The Morgan fingerprint density at radius 2 is 1.63 bits per heavy atom. The van der Waals surface area contributed by atoms with Crippen LogP contribution in [0, 0.1) is 5.92 Å². The van der Waals surface area contributed by atoms with Gasteiger partial charge < -0.3 is 19.5 Å². The number of esters is 1. The van der Waals surface area contributed by atoms with E-state index in [9.17, 15) is 14.4 Å². The molecule has 0 fully saturated rings. The van der Waals surface area contributed by atoms with Gasteiger partial charge in [0.05, 0.1) is 17.8 Å². The smallest absolute Gasteiger partial charge is 0.347 e. The van der Waals surface area contributed by atoms with Crippen LogP contribution in [0.5, 0.6) is 11.5 Å². The lowest BCUT2D eigenvalue weighted by Crippen LogP contribution is -2.49. The number of hydrazone groups is 1. The van der Waals surface area contributed by atoms with Crippen LogP contribution in [0.2, 0.25) is 10.0 Å². The minimum Gasteiger partial charge on any atom is -0.479 e. The summed E-state index contributed by atoms with van der Waals surface area (Å²) >= 11 is 12.0. The number of benzene rings is 2. The van der Waals surface area contributed by atoms with E-state index in [1.165, 1.54) is 12.3 Å². The topological polar surface area (TPSA) is 115 Å². The Balaban J connectivity index is 1.95. The maximum absolute atomic E-state index is 12.8. The average molecular weight is 566 g/mol. The molecule has 0 unspecified atom stereocenters. The quantitative estimate of drug-likeness (QED) is 0.205. The summed E-state index contributed by atoms with van der Waals surface area (Å²) < 4.78 is 16.1. The van der Waals surface area contributed by atoms with Crippen molar-refractivity contribution in [3.63, 3.8) is 0 Å². The second-order valence-corrected chi connectivity index (χ2v) is 9.68. The third-order valence-corrected chi connectivity index (χ3v) is 5.64. The minimum absolute atomic E-state index is 0.126. The number of hydrogen-bond acceptors (Lipinski definition) is 7. The normalized spacial score (nSPS) is 13.5. The van der Waals surface area contributed by atoms with Gasteiger partial charge in [0, 0.05) is 5.02 Å². The van der Waals surface area contributed by atoms with Gasteiger partial charge >= 0.3 is 5.97 Å². The molecule has 2 aromatic carbocycles. The van der Waals surface area contributed by atoms with Crippen LogP contribution < -0.4 is 20.2 Å². The highest BCUT2D eigenvalue weighted by atomic mass is 35.5. The van der Waals surface area contributed by atoms with Gasteiger partial charge in [-0.1, -0.05) is 37.0 Å². The molecule has 2 N–H and O–H groups in total. The zero-order valence-electron chi connectivity index (χ0n) is 22.0. The van der Waals surface area contributed by atoms with Crippen LogP contribution in [0.1, 0.15) is 46.6 Å². The largest absolute Gasteiger partial charge is 0.479 e. The van der Waals surface area contributed by atoms with Crippen molar-refractivity contribution in [3.05, 3.63) is 58.1 Å². The fourth-order valence-electron chi connectivity index (χ4n) is 3.20. The third kappa shape index (κ3) is 10.2. The first-order chi connectivity index (χ1) is 18.0. The highest BCUT2D eigenvalue weighted by molar-refractivity contribution is 6.35. The lowest BCUT2D eigenvalue weighted by atomic mass is 10.0. The summed E-state index contributed by atoms with van der Waals surface area (Å²) in [5.74, 6) is -0.473. The number of ether oxygens (including phenoxy) is 3. The van der Waals surface area contributed by atoms with Crippen LogP contribution in [0.25, 0.3) is 0 Å². The molecule has 0 spiro atoms. The molecule has 38 heavy (non-hydrogen) atoms. The van der Waals surface area contributed by atoms with E-state index in [0.29, 0.717) is 28.5 Å². The van der Waals surface area contributed by atoms with Gasteiger partial charge in [0.15, 0.2) is 12.2 Å². The number of nitrogens with one attached hydrogen (secondary N) is 2. The Kier molecular flexibility index (Phi) is 12.4. The Hall–Kier alpha value is -3.30. The lowest BCUT2D eigenvalue weighted by Gasteiger charge is -2.22. The van der Waals surface area contributed by atoms with E-state index in [2.05, 4.69) is 15.8 Å². The molecule has 2 amide bonds. The van der Waals surface area contributed by atoms with E-state index in [1.807, 2.05) is 13.8 Å². The van der Waals surface area contributed by atoms with Gasteiger partial charge in [-0.05, 0) is 81.1 Å². The second kappa shape index (κ2) is 15.2. The number of nitrogens with zero attached hydrogens (tertiary/aromatic N) is 1. The summed E-state index contributed by atoms with van der Waals surface area (Å²) in [4.78, 5) is 37.2. The molecule has 9 nitrogen and oxygen atoms in total. The predicted molar refractivity (Wildman–Crippen MR) is 147 cm³/mol. The first-order valence-corrected chi connectivity index (χ1v) is 12.9. The molecule has 0 aromatic heterocycles. The predicted octanol–water partition coefficient (Wildman–Crippen LogP) is 4.77. The third-order valence-electron chi connectivity index (χ3n) is 5.11. The SMILES string of the molecule is CCOC(=O)[C@H](C)Oc1ccc(/C=N\NC(=O)[C@H](CC(C)C)NC(=O)[C@@H](C)Oc2ccc(Cl)cc2Cl)cc1. The molecular weight excluding hydrogens is 533 g/mol. The maximum Gasteiger partial charge on any atom is 0.347 e. The van der Waals surface area contributed by atoms with Gasteiger partial charge in [-0.3, -0.25) is 9.59 Å². The highest BCUT2D eigenvalue weighted by Gasteiger charge is 2.25. The van der Waals surface area contributed by atoms with E-state index >= 15 is 0 Å².